The van der Waals surface area contributed by atoms with E-state index < -0.39 is 5.97 Å². The zero-order valence-electron chi connectivity index (χ0n) is 12.8. The van der Waals surface area contributed by atoms with Gasteiger partial charge in [0.05, 0.1) is 19.1 Å². The van der Waals surface area contributed by atoms with Crippen LogP contribution in [-0.2, 0) is 16.1 Å². The number of rotatable bonds is 6. The number of hydrogen-bond acceptors (Lipinski definition) is 3. The largest absolute Gasteiger partial charge is 0.481 e. The fraction of sp³-hybridized carbons (Fsp3) is 0.500. The first kappa shape index (κ1) is 17.2. The van der Waals surface area contributed by atoms with Gasteiger partial charge in [0.1, 0.15) is 5.82 Å². The van der Waals surface area contributed by atoms with Crippen LogP contribution in [-0.4, -0.2) is 47.7 Å². The van der Waals surface area contributed by atoms with Crippen molar-refractivity contribution >= 4 is 12.0 Å². The van der Waals surface area contributed by atoms with Crippen LogP contribution in [0.1, 0.15) is 24.8 Å². The van der Waals surface area contributed by atoms with Crippen molar-refractivity contribution in [1.82, 2.24) is 10.2 Å². The maximum atomic E-state index is 13.6. The van der Waals surface area contributed by atoms with Gasteiger partial charge in [-0.1, -0.05) is 18.2 Å². The topological polar surface area (TPSA) is 78.9 Å². The van der Waals surface area contributed by atoms with Crippen molar-refractivity contribution in [2.24, 2.45) is 0 Å². The Hall–Kier alpha value is -2.15. The van der Waals surface area contributed by atoms with E-state index in [1.165, 1.54) is 6.07 Å². The van der Waals surface area contributed by atoms with Crippen molar-refractivity contribution in [2.75, 3.05) is 19.6 Å². The smallest absolute Gasteiger partial charge is 0.317 e. The van der Waals surface area contributed by atoms with Crippen LogP contribution >= 0.6 is 0 Å². The van der Waals surface area contributed by atoms with Crippen molar-refractivity contribution in [3.05, 3.63) is 35.6 Å². The van der Waals surface area contributed by atoms with E-state index in [0.717, 1.165) is 12.8 Å². The summed E-state index contributed by atoms with van der Waals surface area (Å²) in [5.41, 5.74) is 0.496. The molecule has 1 fully saturated rings. The molecule has 0 bridgehead atoms. The Labute approximate surface area is 134 Å². The van der Waals surface area contributed by atoms with E-state index in [0.29, 0.717) is 18.7 Å². The lowest BCUT2D eigenvalue weighted by atomic mass is 10.1. The second-order valence-electron chi connectivity index (χ2n) is 5.49. The molecule has 0 radical (unpaired) electrons. The van der Waals surface area contributed by atoms with E-state index in [4.69, 9.17) is 9.84 Å². The predicted octanol–water partition coefficient (Wildman–Crippen LogP) is 1.99. The number of urea groups is 1. The summed E-state index contributed by atoms with van der Waals surface area (Å²) < 4.78 is 19.3. The number of amides is 2. The van der Waals surface area contributed by atoms with Gasteiger partial charge in [0.15, 0.2) is 0 Å². The highest BCUT2D eigenvalue weighted by Crippen LogP contribution is 2.16. The number of halogens is 1. The van der Waals surface area contributed by atoms with Crippen molar-refractivity contribution in [1.29, 1.82) is 0 Å². The summed E-state index contributed by atoms with van der Waals surface area (Å²) in [6.45, 7) is 1.31. The molecule has 1 atom stereocenters. The molecule has 1 aliphatic rings. The Morgan fingerprint density at radius 3 is 2.91 bits per heavy atom. The molecule has 2 amide bonds. The minimum absolute atomic E-state index is 0.103. The van der Waals surface area contributed by atoms with Crippen molar-refractivity contribution in [3.8, 4) is 0 Å². The zero-order chi connectivity index (χ0) is 16.7. The summed E-state index contributed by atoms with van der Waals surface area (Å²) in [6.07, 6.45) is 1.36. The number of likely N-dealkylation sites (tertiary alicyclic amines) is 1. The molecule has 0 unspecified atom stereocenters. The SMILES string of the molecule is O=C(O)CCNC(=O)N1CCC[C@H](OCc2ccccc2F)C1. The van der Waals surface area contributed by atoms with E-state index in [-0.39, 0.29) is 37.5 Å². The Balaban J connectivity index is 1.77. The third-order valence-electron chi connectivity index (χ3n) is 3.71. The molecule has 0 aliphatic carbocycles. The van der Waals surface area contributed by atoms with E-state index in [2.05, 4.69) is 5.32 Å². The van der Waals surface area contributed by atoms with Crippen LogP contribution in [0.5, 0.6) is 0 Å². The minimum atomic E-state index is -0.949. The summed E-state index contributed by atoms with van der Waals surface area (Å²) in [5.74, 6) is -1.25. The van der Waals surface area contributed by atoms with Gasteiger partial charge in [-0.2, -0.15) is 0 Å². The highest BCUT2D eigenvalue weighted by molar-refractivity contribution is 5.75. The minimum Gasteiger partial charge on any atom is -0.481 e. The van der Waals surface area contributed by atoms with Crippen molar-refractivity contribution in [2.45, 2.75) is 32.0 Å². The second-order valence-corrected chi connectivity index (χ2v) is 5.49. The Bertz CT molecular complexity index is 553. The van der Waals surface area contributed by atoms with Crippen LogP contribution in [0.4, 0.5) is 9.18 Å². The summed E-state index contributed by atoms with van der Waals surface area (Å²) >= 11 is 0. The maximum Gasteiger partial charge on any atom is 0.317 e. The van der Waals surface area contributed by atoms with E-state index >= 15 is 0 Å². The number of piperidine rings is 1. The first-order valence-electron chi connectivity index (χ1n) is 7.66. The van der Waals surface area contributed by atoms with Crippen LogP contribution in [0.15, 0.2) is 24.3 Å². The number of nitrogens with zero attached hydrogens (tertiary/aromatic N) is 1. The molecule has 1 saturated heterocycles. The molecule has 1 aromatic carbocycles. The fourth-order valence-electron chi connectivity index (χ4n) is 2.47. The first-order chi connectivity index (χ1) is 11.1. The molecular formula is C16H21FN2O4. The van der Waals surface area contributed by atoms with E-state index in [1.54, 1.807) is 23.1 Å². The number of hydrogen-bond donors (Lipinski definition) is 2. The average molecular weight is 324 g/mol. The van der Waals surface area contributed by atoms with E-state index in [9.17, 15) is 14.0 Å². The fourth-order valence-corrected chi connectivity index (χ4v) is 2.47. The lowest BCUT2D eigenvalue weighted by Gasteiger charge is -2.32. The summed E-state index contributed by atoms with van der Waals surface area (Å²) in [6, 6.07) is 6.16. The number of carboxylic acid groups (broad SMARTS) is 1. The molecule has 1 aliphatic heterocycles. The molecule has 23 heavy (non-hydrogen) atoms. The highest BCUT2D eigenvalue weighted by atomic mass is 19.1. The third kappa shape index (κ3) is 5.52. The van der Waals surface area contributed by atoms with Crippen molar-refractivity contribution in [3.63, 3.8) is 0 Å². The van der Waals surface area contributed by atoms with Gasteiger partial charge in [0.25, 0.3) is 0 Å². The molecule has 2 rings (SSSR count). The monoisotopic (exact) mass is 324 g/mol. The predicted molar refractivity (Wildman–Crippen MR) is 81.4 cm³/mol. The van der Waals surface area contributed by atoms with Crippen LogP contribution in [0.25, 0.3) is 0 Å². The molecule has 126 valence electrons. The summed E-state index contributed by atoms with van der Waals surface area (Å²) in [4.78, 5) is 24.0. The number of carboxylic acids is 1. The van der Waals surface area contributed by atoms with Gasteiger partial charge >= 0.3 is 12.0 Å². The Morgan fingerprint density at radius 1 is 1.39 bits per heavy atom. The molecule has 1 heterocycles. The summed E-state index contributed by atoms with van der Waals surface area (Å²) in [5, 5.41) is 11.1. The number of carbonyl (C=O) groups is 2. The molecule has 0 aromatic heterocycles. The molecule has 6 nitrogen and oxygen atoms in total. The lowest BCUT2D eigenvalue weighted by Crippen LogP contribution is -2.48. The second kappa shape index (κ2) is 8.47. The number of benzene rings is 1. The molecule has 1 aromatic rings. The Morgan fingerprint density at radius 2 is 2.17 bits per heavy atom. The standard InChI is InChI=1S/C16H21FN2O4/c17-14-6-2-1-4-12(14)11-23-13-5-3-9-19(10-13)16(22)18-8-7-15(20)21/h1-2,4,6,13H,3,5,7-11H2,(H,18,22)(H,20,21)/t13-/m0/s1. The van der Waals surface area contributed by atoms with Gasteiger partial charge in [-0.05, 0) is 18.9 Å². The molecule has 7 heteroatoms. The normalized spacial score (nSPS) is 17.8. The quantitative estimate of drug-likeness (QED) is 0.839. The molecular weight excluding hydrogens is 303 g/mol. The van der Waals surface area contributed by atoms with Crippen LogP contribution in [0.2, 0.25) is 0 Å². The van der Waals surface area contributed by atoms with Crippen LogP contribution in [0.3, 0.4) is 0 Å². The summed E-state index contributed by atoms with van der Waals surface area (Å²) in [7, 11) is 0. The van der Waals surface area contributed by atoms with Gasteiger partial charge in [-0.25, -0.2) is 9.18 Å². The number of carbonyl (C=O) groups excluding carboxylic acids is 1. The molecule has 2 N–H and O–H groups in total. The maximum absolute atomic E-state index is 13.6. The third-order valence-corrected chi connectivity index (χ3v) is 3.71. The van der Waals surface area contributed by atoms with Gasteiger partial charge in [-0.15, -0.1) is 0 Å². The van der Waals surface area contributed by atoms with Gasteiger partial charge in [0, 0.05) is 25.2 Å². The highest BCUT2D eigenvalue weighted by Gasteiger charge is 2.24. The lowest BCUT2D eigenvalue weighted by molar-refractivity contribution is -0.136. The van der Waals surface area contributed by atoms with Gasteiger partial charge in [-0.3, -0.25) is 4.79 Å². The molecule has 0 spiro atoms. The number of ether oxygens (including phenoxy) is 1. The number of nitrogens with one attached hydrogen (secondary N) is 1. The first-order valence-corrected chi connectivity index (χ1v) is 7.66. The van der Waals surface area contributed by atoms with E-state index in [1.807, 2.05) is 0 Å². The molecule has 0 saturated carbocycles. The van der Waals surface area contributed by atoms with Crippen molar-refractivity contribution < 1.29 is 23.8 Å². The van der Waals surface area contributed by atoms with Gasteiger partial charge in [0.2, 0.25) is 0 Å². The zero-order valence-corrected chi connectivity index (χ0v) is 12.8. The van der Waals surface area contributed by atoms with Gasteiger partial charge < -0.3 is 20.1 Å². The average Bonchev–Trinajstić information content (AvgIpc) is 2.54. The Kier molecular flexibility index (Phi) is 6.34. The number of aliphatic carboxylic acids is 1. The van der Waals surface area contributed by atoms with Crippen LogP contribution in [0, 0.1) is 5.82 Å². The van der Waals surface area contributed by atoms with Crippen LogP contribution < -0.4 is 5.32 Å².